The lowest BCUT2D eigenvalue weighted by atomic mass is 9.92. The second kappa shape index (κ2) is 11.0. The summed E-state index contributed by atoms with van der Waals surface area (Å²) in [5.74, 6) is 0.432. The molecule has 1 saturated heterocycles. The van der Waals surface area contributed by atoms with Gasteiger partial charge in [-0.15, -0.1) is 0 Å². The number of rotatable bonds is 9. The number of benzene rings is 1. The lowest BCUT2D eigenvalue weighted by Crippen LogP contribution is -2.35. The van der Waals surface area contributed by atoms with Crippen LogP contribution >= 0.6 is 0 Å². The number of hydrogen-bond donors (Lipinski definition) is 1. The van der Waals surface area contributed by atoms with Crippen molar-refractivity contribution >= 4 is 11.9 Å². The Balaban J connectivity index is 1.26. The normalized spacial score (nSPS) is 14.6. The number of aryl methyl sites for hydroxylation is 1. The lowest BCUT2D eigenvalue weighted by molar-refractivity contribution is 0.277. The highest BCUT2D eigenvalue weighted by Gasteiger charge is 2.22. The van der Waals surface area contributed by atoms with Crippen LogP contribution in [-0.2, 0) is 6.42 Å². The molecule has 1 aliphatic rings. The average Bonchev–Trinajstić information content (AvgIpc) is 3.23. The fraction of sp³-hybridized carbons (Fsp3) is 0.500. The quantitative estimate of drug-likeness (QED) is 0.409. The number of anilines is 2. The predicted molar refractivity (Wildman–Crippen MR) is 133 cm³/mol. The summed E-state index contributed by atoms with van der Waals surface area (Å²) in [6.45, 7) is 8.15. The topological polar surface area (TPSA) is 82.1 Å². The molecule has 0 atom stereocenters. The number of nitrogen functional groups attached to an aromatic ring is 1. The van der Waals surface area contributed by atoms with Gasteiger partial charge in [-0.3, -0.25) is 0 Å². The van der Waals surface area contributed by atoms with Gasteiger partial charge in [0.2, 0.25) is 11.9 Å². The number of nitrogens with zero attached hydrogens (tertiary/aromatic N) is 5. The number of imidazole rings is 1. The molecule has 2 N–H and O–H groups in total. The Bertz CT molecular complexity index is 1100. The zero-order valence-electron chi connectivity index (χ0n) is 20.7. The molecule has 4 rings (SSSR count). The van der Waals surface area contributed by atoms with Crippen molar-refractivity contribution in [2.75, 3.05) is 30.3 Å². The van der Waals surface area contributed by atoms with E-state index in [4.69, 9.17) is 10.5 Å². The fourth-order valence-corrected chi connectivity index (χ4v) is 4.66. The first-order chi connectivity index (χ1) is 16.9. The van der Waals surface area contributed by atoms with Gasteiger partial charge in [-0.1, -0.05) is 6.92 Å². The summed E-state index contributed by atoms with van der Waals surface area (Å²) in [5.41, 5.74) is 7.19. The van der Waals surface area contributed by atoms with Crippen molar-refractivity contribution in [2.24, 2.45) is 5.92 Å². The molecule has 0 aliphatic carbocycles. The molecule has 1 aromatic carbocycles. The molecule has 0 amide bonds. The maximum absolute atomic E-state index is 14.9. The minimum Gasteiger partial charge on any atom is -0.493 e. The molecular weight excluding hydrogens is 450 g/mol. The number of halogens is 2. The molecule has 2 aromatic heterocycles. The van der Waals surface area contributed by atoms with E-state index in [1.807, 2.05) is 26.2 Å². The van der Waals surface area contributed by atoms with Gasteiger partial charge in [-0.2, -0.15) is 0 Å². The zero-order valence-corrected chi connectivity index (χ0v) is 20.7. The Hall–Kier alpha value is -3.23. The first-order valence-corrected chi connectivity index (χ1v) is 12.4. The van der Waals surface area contributed by atoms with Crippen molar-refractivity contribution in [1.82, 2.24) is 19.5 Å². The van der Waals surface area contributed by atoms with Crippen molar-refractivity contribution in [1.29, 1.82) is 0 Å². The molecule has 7 nitrogen and oxygen atoms in total. The van der Waals surface area contributed by atoms with Crippen LogP contribution < -0.4 is 15.4 Å². The highest BCUT2D eigenvalue weighted by molar-refractivity contribution is 5.64. The number of hydrogen-bond acceptors (Lipinski definition) is 6. The molecule has 0 spiro atoms. The molecule has 35 heavy (non-hydrogen) atoms. The van der Waals surface area contributed by atoms with E-state index >= 15 is 0 Å². The van der Waals surface area contributed by atoms with Gasteiger partial charge in [0, 0.05) is 43.7 Å². The summed E-state index contributed by atoms with van der Waals surface area (Å²) < 4.78 is 37.0. The second-order valence-electron chi connectivity index (χ2n) is 9.39. The van der Waals surface area contributed by atoms with Gasteiger partial charge in [0.05, 0.1) is 24.1 Å². The second-order valence-corrected chi connectivity index (χ2v) is 9.39. The molecule has 9 heteroatoms. The molecule has 1 fully saturated rings. The summed E-state index contributed by atoms with van der Waals surface area (Å²) in [6, 6.07) is 2.38. The van der Waals surface area contributed by atoms with Crippen LogP contribution in [-0.4, -0.2) is 39.2 Å². The van der Waals surface area contributed by atoms with Crippen LogP contribution in [0.1, 0.15) is 58.1 Å². The van der Waals surface area contributed by atoms with Gasteiger partial charge in [-0.05, 0) is 57.4 Å². The van der Waals surface area contributed by atoms with Gasteiger partial charge in [0.1, 0.15) is 17.4 Å². The maximum Gasteiger partial charge on any atom is 0.225 e. The van der Waals surface area contributed by atoms with Crippen LogP contribution in [0, 0.1) is 17.6 Å². The van der Waals surface area contributed by atoms with Gasteiger partial charge in [-0.25, -0.2) is 23.7 Å². The summed E-state index contributed by atoms with van der Waals surface area (Å²) >= 11 is 0. The Labute approximate surface area is 205 Å². The molecular formula is C26H34F2N6O. The molecule has 188 valence electrons. The van der Waals surface area contributed by atoms with Gasteiger partial charge < -0.3 is 19.9 Å². The molecule has 0 bridgehead atoms. The van der Waals surface area contributed by atoms with Crippen molar-refractivity contribution in [2.45, 2.75) is 58.9 Å². The fourth-order valence-electron chi connectivity index (χ4n) is 4.66. The Morgan fingerprint density at radius 1 is 1.06 bits per heavy atom. The van der Waals surface area contributed by atoms with Gasteiger partial charge in [0.15, 0.2) is 0 Å². The predicted octanol–water partition coefficient (Wildman–Crippen LogP) is 5.42. The third-order valence-electron chi connectivity index (χ3n) is 6.64. The van der Waals surface area contributed by atoms with Crippen LogP contribution in [0.15, 0.2) is 30.7 Å². The number of nitrogens with two attached hydrogens (primary N) is 1. The first kappa shape index (κ1) is 24.9. The minimum atomic E-state index is -0.691. The third kappa shape index (κ3) is 5.71. The van der Waals surface area contributed by atoms with Crippen molar-refractivity contribution < 1.29 is 13.5 Å². The van der Waals surface area contributed by atoms with E-state index in [0.29, 0.717) is 18.2 Å². The lowest BCUT2D eigenvalue weighted by Gasteiger charge is -2.32. The van der Waals surface area contributed by atoms with E-state index in [1.165, 1.54) is 18.3 Å². The highest BCUT2D eigenvalue weighted by Crippen LogP contribution is 2.33. The monoisotopic (exact) mass is 484 g/mol. The zero-order chi connectivity index (χ0) is 24.9. The summed E-state index contributed by atoms with van der Waals surface area (Å²) in [7, 11) is 0. The number of piperidine rings is 1. The molecule has 3 heterocycles. The molecule has 3 aromatic rings. The summed E-state index contributed by atoms with van der Waals surface area (Å²) in [6.07, 6.45) is 10.1. The van der Waals surface area contributed by atoms with Crippen molar-refractivity contribution in [3.05, 3.63) is 47.9 Å². The van der Waals surface area contributed by atoms with Crippen LogP contribution in [0.4, 0.5) is 20.7 Å². The molecule has 1 aliphatic heterocycles. The Morgan fingerprint density at radius 2 is 1.71 bits per heavy atom. The molecule has 0 saturated carbocycles. The highest BCUT2D eigenvalue weighted by atomic mass is 19.1. The van der Waals surface area contributed by atoms with Crippen molar-refractivity contribution in [3.8, 4) is 17.0 Å². The molecule has 0 radical (unpaired) electrons. The molecule has 0 unspecified atom stereocenters. The summed E-state index contributed by atoms with van der Waals surface area (Å²) in [4.78, 5) is 15.2. The average molecular weight is 485 g/mol. The van der Waals surface area contributed by atoms with Crippen molar-refractivity contribution in [3.63, 3.8) is 0 Å². The Kier molecular flexibility index (Phi) is 7.83. The SMILES string of the molecule is CCc1cnc(N2CCC(CCCOc3cc(F)c(-c4cnc(N)n4C(C)C)c(F)c3)CC2)nc1. The van der Waals surface area contributed by atoms with Crippen LogP contribution in [0.2, 0.25) is 0 Å². The van der Waals surface area contributed by atoms with E-state index in [0.717, 1.165) is 56.7 Å². The Morgan fingerprint density at radius 3 is 2.31 bits per heavy atom. The van der Waals surface area contributed by atoms with Gasteiger partial charge >= 0.3 is 0 Å². The van der Waals surface area contributed by atoms with E-state index in [9.17, 15) is 8.78 Å². The number of ether oxygens (including phenoxy) is 1. The standard InChI is InChI=1S/C26H34F2N6O/c1-4-18-14-31-26(32-15-18)33-9-7-19(8-10-33)6-5-11-35-20-12-21(27)24(22(28)13-20)23-16-30-25(29)34(23)17(2)3/h12-17,19H,4-11H2,1-3H3,(H2,29,30). The van der Waals surface area contributed by atoms with E-state index in [2.05, 4.69) is 26.8 Å². The first-order valence-electron chi connectivity index (χ1n) is 12.4. The minimum absolute atomic E-state index is 0.0803. The maximum atomic E-state index is 14.9. The summed E-state index contributed by atoms with van der Waals surface area (Å²) in [5, 5.41) is 0. The van der Waals surface area contributed by atoms with E-state index in [-0.39, 0.29) is 23.3 Å². The van der Waals surface area contributed by atoms with E-state index in [1.54, 1.807) is 4.57 Å². The van der Waals surface area contributed by atoms with E-state index < -0.39 is 11.6 Å². The third-order valence-corrected chi connectivity index (χ3v) is 6.64. The van der Waals surface area contributed by atoms with Crippen LogP contribution in [0.5, 0.6) is 5.75 Å². The number of aromatic nitrogens is 4. The largest absolute Gasteiger partial charge is 0.493 e. The van der Waals surface area contributed by atoms with Crippen LogP contribution in [0.3, 0.4) is 0 Å². The van der Waals surface area contributed by atoms with Crippen LogP contribution in [0.25, 0.3) is 11.3 Å². The smallest absolute Gasteiger partial charge is 0.225 e. The van der Waals surface area contributed by atoms with Gasteiger partial charge in [0.25, 0.3) is 0 Å².